The first kappa shape index (κ1) is 25.8. The standard InChI is InChI=1S/C29H26F3N5O4/c30-20-8-23-35-25-21(38)7-18(17-3-1-2-4-22(17)41-28(31)32)26(25)37(23)13-19(20)16-9-33-29(34-10-16)36-11-14-5-6-15(12-36)24(14)27(39)40/h1-4,8-10,13-15,18,21,24,28,38H,5-7,11-12H2,(H,39,40)/t14-,15+,18-,21-,24?/m1/s1. The maximum absolute atomic E-state index is 15.3. The van der Waals surface area contributed by atoms with E-state index in [0.29, 0.717) is 41.6 Å². The molecule has 1 aliphatic heterocycles. The number of piperidine rings is 1. The van der Waals surface area contributed by atoms with Gasteiger partial charge in [-0.2, -0.15) is 8.78 Å². The summed E-state index contributed by atoms with van der Waals surface area (Å²) in [5.74, 6) is -1.55. The van der Waals surface area contributed by atoms with Crippen molar-refractivity contribution in [3.63, 3.8) is 0 Å². The van der Waals surface area contributed by atoms with Crippen LogP contribution in [0.4, 0.5) is 19.1 Å². The summed E-state index contributed by atoms with van der Waals surface area (Å²) in [7, 11) is 0. The molecule has 4 aromatic rings. The summed E-state index contributed by atoms with van der Waals surface area (Å²) in [6.07, 6.45) is 5.63. The highest BCUT2D eigenvalue weighted by atomic mass is 19.3. The van der Waals surface area contributed by atoms with Crippen LogP contribution in [0.15, 0.2) is 48.9 Å². The molecule has 0 spiro atoms. The summed E-state index contributed by atoms with van der Waals surface area (Å²) in [6.45, 7) is -1.88. The number of carboxylic acid groups (broad SMARTS) is 1. The number of aliphatic carboxylic acids is 1. The van der Waals surface area contributed by atoms with Gasteiger partial charge < -0.3 is 24.3 Å². The zero-order valence-electron chi connectivity index (χ0n) is 21.7. The fraction of sp³-hybridized carbons (Fsp3) is 0.379. The number of pyridine rings is 1. The number of benzene rings is 1. The minimum Gasteiger partial charge on any atom is -0.481 e. The first-order valence-corrected chi connectivity index (χ1v) is 13.5. The second-order valence-electron chi connectivity index (χ2n) is 11.0. The summed E-state index contributed by atoms with van der Waals surface area (Å²) in [5.41, 5.74) is 2.34. The van der Waals surface area contributed by atoms with Crippen LogP contribution in [0.25, 0.3) is 16.8 Å². The predicted octanol–water partition coefficient (Wildman–Crippen LogP) is 4.65. The van der Waals surface area contributed by atoms with Gasteiger partial charge in [-0.1, -0.05) is 18.2 Å². The number of carbonyl (C=O) groups is 1. The number of ether oxygens (including phenoxy) is 1. The van der Waals surface area contributed by atoms with Crippen LogP contribution in [-0.2, 0) is 4.79 Å². The van der Waals surface area contributed by atoms with Crippen molar-refractivity contribution in [2.45, 2.75) is 37.9 Å². The van der Waals surface area contributed by atoms with Crippen molar-refractivity contribution in [1.29, 1.82) is 0 Å². The van der Waals surface area contributed by atoms with E-state index in [1.54, 1.807) is 28.8 Å². The Morgan fingerprint density at radius 3 is 2.49 bits per heavy atom. The van der Waals surface area contributed by atoms with Gasteiger partial charge in [0.05, 0.1) is 23.4 Å². The number of carboxylic acids is 1. The average Bonchev–Trinajstić information content (AvgIpc) is 3.56. The molecule has 12 heteroatoms. The van der Waals surface area contributed by atoms with E-state index < -0.39 is 30.4 Å². The zero-order chi connectivity index (χ0) is 28.4. The minimum atomic E-state index is -3.01. The van der Waals surface area contributed by atoms with E-state index in [0.717, 1.165) is 12.8 Å². The number of aromatic nitrogens is 4. The number of imidazole rings is 1. The van der Waals surface area contributed by atoms with E-state index in [4.69, 9.17) is 4.74 Å². The third-order valence-corrected chi connectivity index (χ3v) is 8.74. The molecule has 1 aromatic carbocycles. The smallest absolute Gasteiger partial charge is 0.387 e. The van der Waals surface area contributed by atoms with Crippen LogP contribution in [0.2, 0.25) is 0 Å². The Hall–Kier alpha value is -4.19. The van der Waals surface area contributed by atoms with Crippen LogP contribution in [-0.4, -0.2) is 55.2 Å². The van der Waals surface area contributed by atoms with Gasteiger partial charge >= 0.3 is 12.6 Å². The predicted molar refractivity (Wildman–Crippen MR) is 140 cm³/mol. The quantitative estimate of drug-likeness (QED) is 0.348. The van der Waals surface area contributed by atoms with Crippen LogP contribution in [0.1, 0.15) is 48.2 Å². The number of para-hydroxylation sites is 1. The Bertz CT molecular complexity index is 1630. The molecule has 0 radical (unpaired) electrons. The fourth-order valence-electron chi connectivity index (χ4n) is 7.01. The normalized spacial score (nSPS) is 25.2. The van der Waals surface area contributed by atoms with Crippen molar-refractivity contribution < 1.29 is 32.9 Å². The first-order valence-electron chi connectivity index (χ1n) is 13.5. The van der Waals surface area contributed by atoms with E-state index in [1.807, 2.05) is 4.90 Å². The lowest BCUT2D eigenvalue weighted by atomic mass is 9.85. The molecular weight excluding hydrogens is 539 g/mol. The number of rotatable bonds is 6. The van der Waals surface area contributed by atoms with Crippen LogP contribution < -0.4 is 9.64 Å². The van der Waals surface area contributed by atoms with Crippen LogP contribution in [0, 0.1) is 23.6 Å². The molecule has 212 valence electrons. The molecule has 2 fully saturated rings. The molecule has 3 aromatic heterocycles. The molecule has 5 atom stereocenters. The number of fused-ring (bicyclic) bond motifs is 5. The van der Waals surface area contributed by atoms with Gasteiger partial charge in [0, 0.05) is 60.4 Å². The lowest BCUT2D eigenvalue weighted by Gasteiger charge is -2.35. The van der Waals surface area contributed by atoms with Gasteiger partial charge in [0.15, 0.2) is 0 Å². The SMILES string of the molecule is O=C(O)C1[C@@H]2CC[C@H]1CN(c1ncc(-c3cn4c5c(nc4cc3F)[C@H](O)C[C@@H]5c3ccccc3OC(F)F)cn1)C2. The Kier molecular flexibility index (Phi) is 6.11. The molecule has 1 unspecified atom stereocenters. The number of aliphatic hydroxyl groups excluding tert-OH is 1. The molecule has 41 heavy (non-hydrogen) atoms. The van der Waals surface area contributed by atoms with Crippen LogP contribution >= 0.6 is 0 Å². The second-order valence-corrected chi connectivity index (χ2v) is 11.0. The van der Waals surface area contributed by atoms with Gasteiger partial charge in [-0.25, -0.2) is 19.3 Å². The van der Waals surface area contributed by atoms with E-state index in [1.165, 1.54) is 24.5 Å². The summed E-state index contributed by atoms with van der Waals surface area (Å²) >= 11 is 0. The van der Waals surface area contributed by atoms with Crippen LogP contribution in [0.5, 0.6) is 5.75 Å². The number of halogens is 3. The lowest BCUT2D eigenvalue weighted by Crippen LogP contribution is -2.45. The van der Waals surface area contributed by atoms with E-state index in [2.05, 4.69) is 15.0 Å². The molecule has 7 rings (SSSR count). The van der Waals surface area contributed by atoms with Gasteiger partial charge in [0.1, 0.15) is 17.2 Å². The number of hydrogen-bond donors (Lipinski definition) is 2. The monoisotopic (exact) mass is 565 g/mol. The summed E-state index contributed by atoms with van der Waals surface area (Å²) in [6, 6.07) is 7.70. The Morgan fingerprint density at radius 1 is 1.10 bits per heavy atom. The Morgan fingerprint density at radius 2 is 1.80 bits per heavy atom. The molecule has 0 amide bonds. The van der Waals surface area contributed by atoms with Crippen molar-refractivity contribution in [3.8, 4) is 16.9 Å². The number of alkyl halides is 2. The van der Waals surface area contributed by atoms with Gasteiger partial charge in [-0.05, 0) is 37.2 Å². The first-order chi connectivity index (χ1) is 19.8. The minimum absolute atomic E-state index is 0.00893. The molecule has 4 heterocycles. The van der Waals surface area contributed by atoms with E-state index in [-0.39, 0.29) is 41.1 Å². The largest absolute Gasteiger partial charge is 0.481 e. The fourth-order valence-corrected chi connectivity index (χ4v) is 7.01. The topological polar surface area (TPSA) is 113 Å². The van der Waals surface area contributed by atoms with Crippen molar-refractivity contribution >= 4 is 17.6 Å². The maximum atomic E-state index is 15.3. The molecule has 1 saturated carbocycles. The van der Waals surface area contributed by atoms with E-state index in [9.17, 15) is 23.8 Å². The summed E-state index contributed by atoms with van der Waals surface area (Å²) in [5, 5.41) is 20.4. The van der Waals surface area contributed by atoms with Gasteiger partial charge in [-0.3, -0.25) is 4.79 Å². The molecule has 9 nitrogen and oxygen atoms in total. The van der Waals surface area contributed by atoms with Crippen molar-refractivity contribution in [1.82, 2.24) is 19.4 Å². The van der Waals surface area contributed by atoms with Crippen molar-refractivity contribution in [2.24, 2.45) is 17.8 Å². The van der Waals surface area contributed by atoms with Gasteiger partial charge in [0.2, 0.25) is 5.95 Å². The third-order valence-electron chi connectivity index (χ3n) is 8.74. The molecule has 3 aliphatic rings. The van der Waals surface area contributed by atoms with Gasteiger partial charge in [-0.15, -0.1) is 0 Å². The molecule has 1 saturated heterocycles. The maximum Gasteiger partial charge on any atom is 0.387 e. The van der Waals surface area contributed by atoms with Crippen molar-refractivity contribution in [3.05, 3.63) is 71.7 Å². The average molecular weight is 566 g/mol. The highest BCUT2D eigenvalue weighted by Gasteiger charge is 2.46. The highest BCUT2D eigenvalue weighted by molar-refractivity contribution is 5.72. The molecule has 2 aliphatic carbocycles. The third kappa shape index (κ3) is 4.28. The summed E-state index contributed by atoms with van der Waals surface area (Å²) < 4.78 is 48.0. The Balaban J connectivity index is 1.22. The van der Waals surface area contributed by atoms with Crippen LogP contribution in [0.3, 0.4) is 0 Å². The number of hydrogen-bond acceptors (Lipinski definition) is 7. The highest BCUT2D eigenvalue weighted by Crippen LogP contribution is 2.47. The number of anilines is 1. The summed E-state index contributed by atoms with van der Waals surface area (Å²) in [4.78, 5) is 27.1. The molecule has 2 N–H and O–H groups in total. The van der Waals surface area contributed by atoms with Crippen molar-refractivity contribution in [2.75, 3.05) is 18.0 Å². The molecular formula is C29H26F3N5O4. The number of nitrogens with zero attached hydrogens (tertiary/aromatic N) is 5. The Labute approximate surface area is 232 Å². The van der Waals surface area contributed by atoms with E-state index >= 15 is 4.39 Å². The number of aliphatic hydroxyl groups is 1. The lowest BCUT2D eigenvalue weighted by molar-refractivity contribution is -0.144. The van der Waals surface area contributed by atoms with Gasteiger partial charge in [0.25, 0.3) is 0 Å². The molecule has 2 bridgehead atoms. The second kappa shape index (κ2) is 9.72. The zero-order valence-corrected chi connectivity index (χ0v) is 21.7.